The molecule has 0 radical (unpaired) electrons. The van der Waals surface area contributed by atoms with Gasteiger partial charge in [-0.1, -0.05) is 18.2 Å². The Morgan fingerprint density at radius 3 is 2.27 bits per heavy atom. The van der Waals surface area contributed by atoms with Crippen molar-refractivity contribution < 1.29 is 32.9 Å². The highest BCUT2D eigenvalue weighted by Gasteiger charge is 2.28. The molecule has 1 saturated heterocycles. The molecule has 4 aromatic rings. The third-order valence-electron chi connectivity index (χ3n) is 8.35. The van der Waals surface area contributed by atoms with Crippen LogP contribution in [0.2, 0.25) is 0 Å². The number of aromatic nitrogens is 2. The third-order valence-corrected chi connectivity index (χ3v) is 8.35. The molecule has 1 fully saturated rings. The lowest BCUT2D eigenvalue weighted by molar-refractivity contribution is 0.144. The van der Waals surface area contributed by atoms with E-state index in [0.29, 0.717) is 35.3 Å². The first-order valence-corrected chi connectivity index (χ1v) is 17.0. The monoisotopic (exact) mass is 702 g/mol. The summed E-state index contributed by atoms with van der Waals surface area (Å²) in [5.74, 6) is 1.78. The number of halogens is 1. The molecule has 13 heteroatoms. The minimum absolute atomic E-state index is 0.144. The summed E-state index contributed by atoms with van der Waals surface area (Å²) < 4.78 is 43.9. The number of carbonyl (C=O) groups is 1. The number of likely N-dealkylation sites (N-methyl/N-ethyl adjacent to an activating group) is 1. The molecule has 3 aromatic carbocycles. The van der Waals surface area contributed by atoms with Gasteiger partial charge < -0.3 is 38.8 Å². The molecule has 272 valence electrons. The molecule has 0 saturated carbocycles. The summed E-state index contributed by atoms with van der Waals surface area (Å²) in [6.07, 6.45) is 1.29. The van der Waals surface area contributed by atoms with Crippen LogP contribution in [0.4, 0.5) is 32.3 Å². The summed E-state index contributed by atoms with van der Waals surface area (Å²) in [4.78, 5) is 29.1. The Morgan fingerprint density at radius 2 is 1.63 bits per heavy atom. The molecule has 12 nitrogen and oxygen atoms in total. The zero-order valence-electron chi connectivity index (χ0n) is 30.4. The maximum absolute atomic E-state index is 14.5. The molecule has 0 aliphatic carbocycles. The van der Waals surface area contributed by atoms with Crippen LogP contribution in [-0.2, 0) is 0 Å². The molecular formula is C38H47FN6O6. The van der Waals surface area contributed by atoms with Crippen LogP contribution in [0.25, 0.3) is 0 Å². The summed E-state index contributed by atoms with van der Waals surface area (Å²) in [6, 6.07) is 14.6. The van der Waals surface area contributed by atoms with Crippen molar-refractivity contribution in [2.75, 3.05) is 70.8 Å². The van der Waals surface area contributed by atoms with E-state index >= 15 is 0 Å². The lowest BCUT2D eigenvalue weighted by Crippen LogP contribution is -2.44. The van der Waals surface area contributed by atoms with Gasteiger partial charge in [0.1, 0.15) is 23.1 Å². The van der Waals surface area contributed by atoms with E-state index in [4.69, 9.17) is 23.7 Å². The summed E-state index contributed by atoms with van der Waals surface area (Å²) in [7, 11) is 5.27. The van der Waals surface area contributed by atoms with Crippen LogP contribution in [0, 0.1) is 19.7 Å². The van der Waals surface area contributed by atoms with E-state index in [1.807, 2.05) is 45.9 Å². The van der Waals surface area contributed by atoms with Gasteiger partial charge in [-0.15, -0.1) is 0 Å². The van der Waals surface area contributed by atoms with Crippen molar-refractivity contribution in [3.05, 3.63) is 77.7 Å². The highest BCUT2D eigenvalue weighted by Crippen LogP contribution is 2.41. The van der Waals surface area contributed by atoms with E-state index < -0.39 is 11.9 Å². The molecule has 0 spiro atoms. The van der Waals surface area contributed by atoms with E-state index in [2.05, 4.69) is 32.1 Å². The van der Waals surface area contributed by atoms with Gasteiger partial charge in [0, 0.05) is 68.9 Å². The standard InChI is InChI=1S/C38H47FN6O6/c1-25(2)50-31-22-28(39)12-13-30(31)45(38(46)51-35-26(3)10-8-11-27(35)4)34-14-15-40-37(42-34)41-29-23-32(47-6)36(33(24-29)48-7)49-21-9-16-44-19-17-43(5)18-20-44/h8,10-15,22-25H,9,16-21H2,1-7H3,(H,40,41,42). The maximum Gasteiger partial charge on any atom is 0.425 e. The second kappa shape index (κ2) is 17.2. The number of nitrogens with zero attached hydrogens (tertiary/aromatic N) is 5. The van der Waals surface area contributed by atoms with Crippen LogP contribution < -0.4 is 33.9 Å². The number of para-hydroxylation sites is 1. The van der Waals surface area contributed by atoms with Crippen LogP contribution >= 0.6 is 0 Å². The molecule has 0 bridgehead atoms. The maximum atomic E-state index is 14.5. The summed E-state index contributed by atoms with van der Waals surface area (Å²) in [5.41, 5.74) is 2.34. The molecule has 1 aromatic heterocycles. The number of aryl methyl sites for hydroxylation is 2. The molecule has 1 amide bonds. The average molecular weight is 703 g/mol. The lowest BCUT2D eigenvalue weighted by Gasteiger charge is -2.32. The normalized spacial score (nSPS) is 13.5. The number of rotatable bonds is 14. The quantitative estimate of drug-likeness (QED) is 0.136. The zero-order valence-corrected chi connectivity index (χ0v) is 30.4. The Bertz CT molecular complexity index is 1750. The summed E-state index contributed by atoms with van der Waals surface area (Å²) in [6.45, 7) is 13.0. The molecule has 1 aliphatic rings. The molecule has 0 unspecified atom stereocenters. The van der Waals surface area contributed by atoms with Gasteiger partial charge in [0.05, 0.1) is 32.6 Å². The number of piperazine rings is 1. The third kappa shape index (κ3) is 9.56. The van der Waals surface area contributed by atoms with Gasteiger partial charge in [-0.3, -0.25) is 0 Å². The van der Waals surface area contributed by atoms with Crippen LogP contribution in [0.15, 0.2) is 60.8 Å². The van der Waals surface area contributed by atoms with Gasteiger partial charge in [-0.2, -0.15) is 4.98 Å². The number of methoxy groups -OCH3 is 2. The predicted octanol–water partition coefficient (Wildman–Crippen LogP) is 7.13. The zero-order chi connectivity index (χ0) is 36.5. The van der Waals surface area contributed by atoms with Gasteiger partial charge in [-0.05, 0) is 64.4 Å². The van der Waals surface area contributed by atoms with Crippen LogP contribution in [0.3, 0.4) is 0 Å². The van der Waals surface area contributed by atoms with E-state index in [1.54, 1.807) is 32.4 Å². The summed E-state index contributed by atoms with van der Waals surface area (Å²) >= 11 is 0. The first-order valence-electron chi connectivity index (χ1n) is 17.0. The lowest BCUT2D eigenvalue weighted by atomic mass is 10.1. The molecule has 0 atom stereocenters. The van der Waals surface area contributed by atoms with Gasteiger partial charge in [0.15, 0.2) is 11.5 Å². The summed E-state index contributed by atoms with van der Waals surface area (Å²) in [5, 5.41) is 3.19. The van der Waals surface area contributed by atoms with E-state index in [9.17, 15) is 9.18 Å². The van der Waals surface area contributed by atoms with Crippen LogP contribution in [-0.4, -0.2) is 92.6 Å². The SMILES string of the molecule is COc1cc(Nc2nccc(N(C(=O)Oc3c(C)cccc3C)c3ccc(F)cc3OC(C)C)n2)cc(OC)c1OCCCN1CCN(C)CC1. The van der Waals surface area contributed by atoms with Crippen molar-refractivity contribution >= 4 is 29.2 Å². The minimum Gasteiger partial charge on any atom is -0.493 e. The number of nitrogens with one attached hydrogen (secondary N) is 1. The van der Waals surface area contributed by atoms with Crippen molar-refractivity contribution in [1.29, 1.82) is 0 Å². The second-order valence-corrected chi connectivity index (χ2v) is 12.6. The molecule has 2 heterocycles. The fraction of sp³-hybridized carbons (Fsp3) is 0.395. The van der Waals surface area contributed by atoms with E-state index in [-0.39, 0.29) is 29.3 Å². The van der Waals surface area contributed by atoms with Crippen molar-refractivity contribution in [3.63, 3.8) is 0 Å². The number of benzene rings is 3. The fourth-order valence-corrected chi connectivity index (χ4v) is 5.72. The number of ether oxygens (including phenoxy) is 5. The first kappa shape index (κ1) is 37.1. The average Bonchev–Trinajstić information content (AvgIpc) is 3.10. The van der Waals surface area contributed by atoms with Crippen LogP contribution in [0.5, 0.6) is 28.7 Å². The Hall–Kier alpha value is -5.14. The topological polar surface area (TPSA) is 111 Å². The van der Waals surface area contributed by atoms with Gasteiger partial charge in [-0.25, -0.2) is 19.1 Å². The van der Waals surface area contributed by atoms with Gasteiger partial charge in [0.25, 0.3) is 0 Å². The Labute approximate surface area is 299 Å². The number of hydrogen-bond acceptors (Lipinski definition) is 11. The van der Waals surface area contributed by atoms with Gasteiger partial charge >= 0.3 is 6.09 Å². The largest absolute Gasteiger partial charge is 0.493 e. The Balaban J connectivity index is 1.41. The molecule has 1 N–H and O–H groups in total. The van der Waals surface area contributed by atoms with Crippen molar-refractivity contribution in [2.24, 2.45) is 0 Å². The van der Waals surface area contributed by atoms with Crippen molar-refractivity contribution in [3.8, 4) is 28.7 Å². The second-order valence-electron chi connectivity index (χ2n) is 12.6. The van der Waals surface area contributed by atoms with E-state index in [0.717, 1.165) is 50.3 Å². The number of amides is 1. The number of hydrogen-bond donors (Lipinski definition) is 1. The minimum atomic E-state index is -0.769. The van der Waals surface area contributed by atoms with Crippen LogP contribution in [0.1, 0.15) is 31.4 Å². The van der Waals surface area contributed by atoms with E-state index in [1.165, 1.54) is 29.3 Å². The molecule has 5 rings (SSSR count). The molecule has 1 aliphatic heterocycles. The Kier molecular flexibility index (Phi) is 12.5. The smallest absolute Gasteiger partial charge is 0.425 e. The molecular weight excluding hydrogens is 655 g/mol. The Morgan fingerprint density at radius 1 is 0.941 bits per heavy atom. The highest BCUT2D eigenvalue weighted by atomic mass is 19.1. The highest BCUT2D eigenvalue weighted by molar-refractivity contribution is 5.98. The number of carbonyl (C=O) groups excluding carboxylic acids is 1. The predicted molar refractivity (Wildman–Crippen MR) is 195 cm³/mol. The van der Waals surface area contributed by atoms with Crippen molar-refractivity contribution in [2.45, 2.75) is 40.2 Å². The van der Waals surface area contributed by atoms with Crippen molar-refractivity contribution in [1.82, 2.24) is 19.8 Å². The number of anilines is 4. The first-order chi connectivity index (χ1) is 24.6. The molecule has 51 heavy (non-hydrogen) atoms. The fourth-order valence-electron chi connectivity index (χ4n) is 5.72. The van der Waals surface area contributed by atoms with Gasteiger partial charge in [0.2, 0.25) is 11.7 Å².